The van der Waals surface area contributed by atoms with Gasteiger partial charge in [0.15, 0.2) is 5.82 Å². The fourth-order valence-corrected chi connectivity index (χ4v) is 5.44. The van der Waals surface area contributed by atoms with Crippen LogP contribution in [0.4, 0.5) is 4.79 Å². The predicted molar refractivity (Wildman–Crippen MR) is 140 cm³/mol. The largest absolute Gasteiger partial charge is 0.494 e. The summed E-state index contributed by atoms with van der Waals surface area (Å²) >= 11 is 0. The normalized spacial score (nSPS) is 19.7. The Hall–Kier alpha value is -4.12. The first-order valence-electron chi connectivity index (χ1n) is 12.8. The Morgan fingerprint density at radius 1 is 1.21 bits per heavy atom. The Bertz CT molecular complexity index is 1550. The van der Waals surface area contributed by atoms with E-state index in [2.05, 4.69) is 27.0 Å². The van der Waals surface area contributed by atoms with Crippen molar-refractivity contribution in [3.63, 3.8) is 0 Å². The Labute approximate surface area is 218 Å². The van der Waals surface area contributed by atoms with Crippen molar-refractivity contribution in [3.8, 4) is 17.3 Å². The zero-order valence-corrected chi connectivity index (χ0v) is 21.3. The minimum Gasteiger partial charge on any atom is -0.494 e. The Balaban J connectivity index is 1.40. The molecule has 4 heterocycles. The van der Waals surface area contributed by atoms with Gasteiger partial charge in [0.1, 0.15) is 16.9 Å². The number of likely N-dealkylation sites (tertiary alicyclic amines) is 1. The average Bonchev–Trinajstić information content (AvgIpc) is 3.57. The molecule has 1 saturated carbocycles. The molecule has 6 rings (SSSR count). The topological polar surface area (TPSA) is 135 Å². The van der Waals surface area contributed by atoms with Gasteiger partial charge in [0.05, 0.1) is 30.5 Å². The molecule has 0 bridgehead atoms. The van der Waals surface area contributed by atoms with Crippen LogP contribution in [0.2, 0.25) is 0 Å². The van der Waals surface area contributed by atoms with Gasteiger partial charge in [0, 0.05) is 43.8 Å². The van der Waals surface area contributed by atoms with Crippen molar-refractivity contribution < 1.29 is 24.5 Å². The van der Waals surface area contributed by atoms with Gasteiger partial charge in [-0.1, -0.05) is 0 Å². The number of piperidine rings is 1. The number of ether oxygens (including phenoxy) is 1. The zero-order valence-electron chi connectivity index (χ0n) is 21.3. The van der Waals surface area contributed by atoms with Gasteiger partial charge in [0.2, 0.25) is 0 Å². The molecule has 0 spiro atoms. The van der Waals surface area contributed by atoms with Crippen molar-refractivity contribution in [1.29, 1.82) is 0 Å². The summed E-state index contributed by atoms with van der Waals surface area (Å²) in [7, 11) is 3.50. The van der Waals surface area contributed by atoms with Gasteiger partial charge in [0.25, 0.3) is 5.91 Å². The maximum Gasteiger partial charge on any atom is 0.405 e. The molecule has 2 fully saturated rings. The van der Waals surface area contributed by atoms with E-state index in [1.165, 1.54) is 12.8 Å². The Morgan fingerprint density at radius 3 is 2.76 bits per heavy atom. The average molecular weight is 519 g/mol. The number of carbonyl (C=O) groups is 2. The molecule has 11 heteroatoms. The van der Waals surface area contributed by atoms with E-state index in [1.807, 2.05) is 23.9 Å². The number of benzene rings is 1. The highest BCUT2D eigenvalue weighted by Crippen LogP contribution is 2.37. The summed E-state index contributed by atoms with van der Waals surface area (Å²) in [5.74, 6) is 1.65. The number of amides is 2. The first-order chi connectivity index (χ1) is 18.3. The van der Waals surface area contributed by atoms with Crippen LogP contribution in [0.1, 0.15) is 29.6 Å². The molecule has 2 aliphatic rings. The highest BCUT2D eigenvalue weighted by molar-refractivity contribution is 6.00. The Kier molecular flexibility index (Phi) is 5.94. The fourth-order valence-electron chi connectivity index (χ4n) is 5.44. The number of methoxy groups -OCH3 is 1. The SMILES string of the molecule is COc1cc(C(=O)N2CC[C@@H](O)[C@H](NC(=O)O)C2)cc2nc(-c3cc4cccnc4n3CC3CC3)n(C)c12. The van der Waals surface area contributed by atoms with Crippen molar-refractivity contribution in [2.45, 2.75) is 38.0 Å². The third-order valence-electron chi connectivity index (χ3n) is 7.60. The van der Waals surface area contributed by atoms with E-state index in [1.54, 1.807) is 24.1 Å². The number of aliphatic hydroxyl groups excluding tert-OH is 1. The van der Waals surface area contributed by atoms with Crippen molar-refractivity contribution in [2.24, 2.45) is 13.0 Å². The quantitative estimate of drug-likeness (QED) is 0.357. The van der Waals surface area contributed by atoms with Crippen LogP contribution in [0, 0.1) is 5.92 Å². The lowest BCUT2D eigenvalue weighted by atomic mass is 10.0. The third-order valence-corrected chi connectivity index (χ3v) is 7.60. The van der Waals surface area contributed by atoms with Crippen LogP contribution < -0.4 is 10.1 Å². The van der Waals surface area contributed by atoms with Gasteiger partial charge >= 0.3 is 6.09 Å². The number of pyridine rings is 1. The van der Waals surface area contributed by atoms with Gasteiger partial charge < -0.3 is 34.3 Å². The van der Waals surface area contributed by atoms with Crippen molar-refractivity contribution in [2.75, 3.05) is 20.2 Å². The number of fused-ring (bicyclic) bond motifs is 2. The number of nitrogens with zero attached hydrogens (tertiary/aromatic N) is 5. The van der Waals surface area contributed by atoms with Crippen LogP contribution in [-0.4, -0.2) is 78.6 Å². The zero-order chi connectivity index (χ0) is 26.6. The monoisotopic (exact) mass is 518 g/mol. The van der Waals surface area contributed by atoms with E-state index < -0.39 is 18.2 Å². The second kappa shape index (κ2) is 9.32. The molecule has 1 saturated heterocycles. The molecule has 38 heavy (non-hydrogen) atoms. The molecule has 3 aromatic heterocycles. The fraction of sp³-hybridized carbons (Fsp3) is 0.407. The molecule has 1 aliphatic heterocycles. The highest BCUT2D eigenvalue weighted by atomic mass is 16.5. The van der Waals surface area contributed by atoms with E-state index in [9.17, 15) is 14.7 Å². The first-order valence-corrected chi connectivity index (χ1v) is 12.8. The van der Waals surface area contributed by atoms with Crippen molar-refractivity contribution in [3.05, 3.63) is 42.1 Å². The second-order valence-corrected chi connectivity index (χ2v) is 10.2. The predicted octanol–water partition coefficient (Wildman–Crippen LogP) is 2.85. The van der Waals surface area contributed by atoms with E-state index in [0.29, 0.717) is 29.3 Å². The standard InChI is InChI=1S/C27H30N6O5/c1-31-23-18(29-25(31)20-11-16-4-3-8-28-24(16)33(20)13-15-5-6-15)10-17(12-22(23)38-2)26(35)32-9-7-21(34)19(14-32)30-27(36)37/h3-4,8,10-12,15,19,21,30,34H,5-7,9,13-14H2,1-2H3,(H,36,37)/t19-,21-/m1/s1. The van der Waals surface area contributed by atoms with Gasteiger partial charge in [-0.05, 0) is 55.5 Å². The Morgan fingerprint density at radius 2 is 2.03 bits per heavy atom. The molecule has 198 valence electrons. The molecule has 1 aromatic carbocycles. The number of aromatic nitrogens is 4. The van der Waals surface area contributed by atoms with Gasteiger partial charge in [-0.3, -0.25) is 4.79 Å². The lowest BCUT2D eigenvalue weighted by Gasteiger charge is -2.36. The number of nitrogens with one attached hydrogen (secondary N) is 1. The number of aryl methyl sites for hydroxylation is 1. The van der Waals surface area contributed by atoms with E-state index >= 15 is 0 Å². The number of imidazole rings is 1. The highest BCUT2D eigenvalue weighted by Gasteiger charge is 2.32. The molecule has 0 unspecified atom stereocenters. The number of carbonyl (C=O) groups excluding carboxylic acids is 1. The first kappa shape index (κ1) is 24.2. The molecule has 0 radical (unpaired) electrons. The van der Waals surface area contributed by atoms with Crippen LogP contribution in [0.5, 0.6) is 5.75 Å². The van der Waals surface area contributed by atoms with E-state index in [-0.39, 0.29) is 18.9 Å². The number of hydrogen-bond donors (Lipinski definition) is 3. The summed E-state index contributed by atoms with van der Waals surface area (Å²) in [6, 6.07) is 8.79. The van der Waals surface area contributed by atoms with Gasteiger partial charge in [-0.25, -0.2) is 14.8 Å². The summed E-state index contributed by atoms with van der Waals surface area (Å²) in [6.45, 7) is 1.28. The summed E-state index contributed by atoms with van der Waals surface area (Å²) in [6.07, 6.45) is 2.43. The number of aliphatic hydroxyl groups is 1. The second-order valence-electron chi connectivity index (χ2n) is 10.2. The van der Waals surface area contributed by atoms with Crippen LogP contribution in [-0.2, 0) is 13.6 Å². The van der Waals surface area contributed by atoms with Crippen LogP contribution >= 0.6 is 0 Å². The van der Waals surface area contributed by atoms with Crippen LogP contribution in [0.3, 0.4) is 0 Å². The number of carboxylic acid groups (broad SMARTS) is 1. The smallest absolute Gasteiger partial charge is 0.405 e. The lowest BCUT2D eigenvalue weighted by molar-refractivity contribution is 0.0378. The molecule has 11 nitrogen and oxygen atoms in total. The maximum atomic E-state index is 13.5. The summed E-state index contributed by atoms with van der Waals surface area (Å²) in [5, 5.41) is 22.6. The van der Waals surface area contributed by atoms with Crippen molar-refractivity contribution in [1.82, 2.24) is 29.3 Å². The lowest BCUT2D eigenvalue weighted by Crippen LogP contribution is -2.56. The molecular formula is C27H30N6O5. The molecule has 2 amide bonds. The molecule has 3 N–H and O–H groups in total. The minimum absolute atomic E-state index is 0.0778. The van der Waals surface area contributed by atoms with E-state index in [4.69, 9.17) is 14.8 Å². The van der Waals surface area contributed by atoms with Crippen molar-refractivity contribution >= 4 is 34.1 Å². The van der Waals surface area contributed by atoms with Gasteiger partial charge in [-0.15, -0.1) is 0 Å². The number of rotatable bonds is 6. The minimum atomic E-state index is -1.23. The summed E-state index contributed by atoms with van der Waals surface area (Å²) in [4.78, 5) is 35.8. The molecule has 1 aliphatic carbocycles. The van der Waals surface area contributed by atoms with Gasteiger partial charge in [-0.2, -0.15) is 0 Å². The van der Waals surface area contributed by atoms with E-state index in [0.717, 1.165) is 34.6 Å². The summed E-state index contributed by atoms with van der Waals surface area (Å²) in [5.41, 5.74) is 3.69. The van der Waals surface area contributed by atoms with Crippen LogP contribution in [0.25, 0.3) is 33.6 Å². The van der Waals surface area contributed by atoms with Crippen LogP contribution in [0.15, 0.2) is 36.5 Å². The molecular weight excluding hydrogens is 488 g/mol. The maximum absolute atomic E-state index is 13.5. The molecule has 4 aromatic rings. The summed E-state index contributed by atoms with van der Waals surface area (Å²) < 4.78 is 9.94. The number of hydrogen-bond acceptors (Lipinski definition) is 6. The third kappa shape index (κ3) is 4.22. The molecule has 2 atom stereocenters.